The van der Waals surface area contributed by atoms with Crippen LogP contribution < -0.4 is 4.74 Å². The number of benzene rings is 2. The van der Waals surface area contributed by atoms with Gasteiger partial charge >= 0.3 is 12.3 Å². The van der Waals surface area contributed by atoms with E-state index < -0.39 is 30.0 Å². The first-order chi connectivity index (χ1) is 13.2. The highest BCUT2D eigenvalue weighted by atomic mass is 35.5. The van der Waals surface area contributed by atoms with E-state index in [1.165, 1.54) is 29.2 Å². The Hall–Kier alpha value is -2.74. The summed E-state index contributed by atoms with van der Waals surface area (Å²) in [5.41, 5.74) is 0.298. The zero-order valence-corrected chi connectivity index (χ0v) is 15.1. The number of carboxylic acids is 1. The maximum absolute atomic E-state index is 12.8. The summed E-state index contributed by atoms with van der Waals surface area (Å²) >= 11 is 6.12. The average molecular weight is 414 g/mol. The van der Waals surface area contributed by atoms with Crippen LogP contribution in [-0.4, -0.2) is 40.8 Å². The van der Waals surface area contributed by atoms with Gasteiger partial charge in [0.2, 0.25) is 0 Å². The van der Waals surface area contributed by atoms with Gasteiger partial charge < -0.3 is 14.7 Å². The van der Waals surface area contributed by atoms with Crippen molar-refractivity contribution < 1.29 is 32.6 Å². The fraction of sp³-hybridized carbons (Fsp3) is 0.263. The lowest BCUT2D eigenvalue weighted by molar-refractivity contribution is -0.274. The molecular formula is C19H15ClF3NO4. The average Bonchev–Trinajstić information content (AvgIpc) is 3.11. The fourth-order valence-corrected chi connectivity index (χ4v) is 3.44. The molecule has 1 heterocycles. The third kappa shape index (κ3) is 4.22. The molecule has 1 amide bonds. The molecule has 9 heteroatoms. The molecule has 0 saturated carbocycles. The molecule has 3 rings (SSSR count). The van der Waals surface area contributed by atoms with Crippen LogP contribution in [0.1, 0.15) is 23.2 Å². The van der Waals surface area contributed by atoms with E-state index in [0.717, 1.165) is 6.07 Å². The monoisotopic (exact) mass is 413 g/mol. The van der Waals surface area contributed by atoms with Crippen LogP contribution in [-0.2, 0) is 4.79 Å². The van der Waals surface area contributed by atoms with Gasteiger partial charge in [0, 0.05) is 28.3 Å². The quantitative estimate of drug-likeness (QED) is 0.795. The second-order valence-corrected chi connectivity index (χ2v) is 6.64. The third-order valence-corrected chi connectivity index (χ3v) is 4.74. The highest BCUT2D eigenvalue weighted by molar-refractivity contribution is 6.33. The summed E-state index contributed by atoms with van der Waals surface area (Å²) in [4.78, 5) is 25.3. The Balaban J connectivity index is 2.05. The molecule has 2 aromatic carbocycles. The lowest BCUT2D eigenvalue weighted by Crippen LogP contribution is -2.40. The molecule has 1 unspecified atom stereocenters. The van der Waals surface area contributed by atoms with E-state index in [1.54, 1.807) is 12.1 Å². The predicted molar refractivity (Wildman–Crippen MR) is 95.3 cm³/mol. The van der Waals surface area contributed by atoms with Gasteiger partial charge in [0.15, 0.2) is 0 Å². The molecule has 0 bridgehead atoms. The van der Waals surface area contributed by atoms with Gasteiger partial charge in [-0.25, -0.2) is 4.79 Å². The van der Waals surface area contributed by atoms with Crippen LogP contribution in [0.15, 0.2) is 42.5 Å². The molecule has 1 aliphatic heterocycles. The second-order valence-electron chi connectivity index (χ2n) is 6.23. The lowest BCUT2D eigenvalue weighted by Gasteiger charge is -2.22. The van der Waals surface area contributed by atoms with Crippen molar-refractivity contribution in [2.24, 2.45) is 0 Å². The number of nitrogens with zero attached hydrogens (tertiary/aromatic N) is 1. The van der Waals surface area contributed by atoms with Gasteiger partial charge in [-0.2, -0.15) is 0 Å². The molecule has 0 aliphatic carbocycles. The van der Waals surface area contributed by atoms with Gasteiger partial charge in [0.25, 0.3) is 5.91 Å². The summed E-state index contributed by atoms with van der Waals surface area (Å²) in [6.07, 6.45) is -4.06. The van der Waals surface area contributed by atoms with Crippen LogP contribution in [0.4, 0.5) is 13.2 Å². The number of carbonyl (C=O) groups excluding carboxylic acids is 1. The Labute approximate surface area is 163 Å². The molecule has 5 nitrogen and oxygen atoms in total. The summed E-state index contributed by atoms with van der Waals surface area (Å²) in [7, 11) is 0. The van der Waals surface area contributed by atoms with Crippen LogP contribution >= 0.6 is 11.6 Å². The van der Waals surface area contributed by atoms with Gasteiger partial charge in [-0.05, 0) is 37.1 Å². The van der Waals surface area contributed by atoms with Crippen molar-refractivity contribution in [2.75, 3.05) is 6.54 Å². The third-order valence-electron chi connectivity index (χ3n) is 4.41. The summed E-state index contributed by atoms with van der Waals surface area (Å²) in [6.45, 7) is 0.262. The molecule has 28 heavy (non-hydrogen) atoms. The minimum absolute atomic E-state index is 0.0140. The van der Waals surface area contributed by atoms with Crippen LogP contribution in [0.3, 0.4) is 0 Å². The summed E-state index contributed by atoms with van der Waals surface area (Å²) < 4.78 is 42.4. The van der Waals surface area contributed by atoms with Gasteiger partial charge in [-0.15, -0.1) is 13.2 Å². The standard InChI is InChI=1S/C19H15ClF3NO4/c20-14-5-2-1-4-12(14)13-10-11(7-8-16(13)28-19(21,22)23)17(25)24-9-3-6-15(24)18(26)27/h1-2,4-5,7-8,10,15H,3,6,9H2,(H,26,27). The number of carboxylic acid groups (broad SMARTS) is 1. The highest BCUT2D eigenvalue weighted by Crippen LogP contribution is 2.38. The minimum Gasteiger partial charge on any atom is -0.480 e. The Morgan fingerprint density at radius 2 is 1.86 bits per heavy atom. The molecule has 0 aromatic heterocycles. The van der Waals surface area contributed by atoms with Crippen molar-refractivity contribution in [3.05, 3.63) is 53.1 Å². The van der Waals surface area contributed by atoms with Crippen molar-refractivity contribution in [1.82, 2.24) is 4.90 Å². The summed E-state index contributed by atoms with van der Waals surface area (Å²) in [6, 6.07) is 8.71. The normalized spacial score (nSPS) is 16.9. The molecule has 1 saturated heterocycles. The van der Waals surface area contributed by atoms with Crippen molar-refractivity contribution >= 4 is 23.5 Å². The predicted octanol–water partition coefficient (Wildman–Crippen LogP) is 4.59. The van der Waals surface area contributed by atoms with Crippen molar-refractivity contribution in [1.29, 1.82) is 0 Å². The van der Waals surface area contributed by atoms with E-state index in [4.69, 9.17) is 11.6 Å². The van der Waals surface area contributed by atoms with Crippen molar-refractivity contribution in [2.45, 2.75) is 25.2 Å². The second kappa shape index (κ2) is 7.71. The van der Waals surface area contributed by atoms with Crippen molar-refractivity contribution in [3.8, 4) is 16.9 Å². The first-order valence-electron chi connectivity index (χ1n) is 8.36. The number of halogens is 4. The Bertz CT molecular complexity index is 916. The molecule has 0 spiro atoms. The van der Waals surface area contributed by atoms with E-state index in [2.05, 4.69) is 4.74 Å². The van der Waals surface area contributed by atoms with E-state index in [1.807, 2.05) is 0 Å². The van der Waals surface area contributed by atoms with Crippen LogP contribution in [0, 0.1) is 0 Å². The zero-order valence-electron chi connectivity index (χ0n) is 14.4. The largest absolute Gasteiger partial charge is 0.573 e. The van der Waals surface area contributed by atoms with Crippen LogP contribution in [0.5, 0.6) is 5.75 Å². The van der Waals surface area contributed by atoms with Crippen LogP contribution in [0.25, 0.3) is 11.1 Å². The number of aliphatic carboxylic acids is 1. The smallest absolute Gasteiger partial charge is 0.480 e. The zero-order chi connectivity index (χ0) is 20.5. The number of amides is 1. The molecule has 1 fully saturated rings. The van der Waals surface area contributed by atoms with Gasteiger partial charge in [0.1, 0.15) is 11.8 Å². The Morgan fingerprint density at radius 3 is 2.50 bits per heavy atom. The SMILES string of the molecule is O=C(O)C1CCCN1C(=O)c1ccc(OC(F)(F)F)c(-c2ccccc2Cl)c1. The van der Waals surface area contributed by atoms with E-state index in [9.17, 15) is 27.9 Å². The van der Waals surface area contributed by atoms with E-state index >= 15 is 0 Å². The number of alkyl halides is 3. The lowest BCUT2D eigenvalue weighted by atomic mass is 10.0. The number of hydrogen-bond donors (Lipinski definition) is 1. The number of carbonyl (C=O) groups is 2. The number of ether oxygens (including phenoxy) is 1. The number of rotatable bonds is 4. The summed E-state index contributed by atoms with van der Waals surface area (Å²) in [5, 5.41) is 9.45. The fourth-order valence-electron chi connectivity index (χ4n) is 3.20. The first kappa shape index (κ1) is 20.0. The van der Waals surface area contributed by atoms with Crippen molar-refractivity contribution in [3.63, 3.8) is 0 Å². The molecule has 2 aromatic rings. The maximum atomic E-state index is 12.8. The first-order valence-corrected chi connectivity index (χ1v) is 8.73. The molecule has 1 atom stereocenters. The van der Waals surface area contributed by atoms with Crippen LogP contribution in [0.2, 0.25) is 5.02 Å². The Morgan fingerprint density at radius 1 is 1.14 bits per heavy atom. The molecular weight excluding hydrogens is 399 g/mol. The minimum atomic E-state index is -4.93. The topological polar surface area (TPSA) is 66.8 Å². The number of likely N-dealkylation sites (tertiary alicyclic amines) is 1. The molecule has 148 valence electrons. The van der Waals surface area contributed by atoms with E-state index in [-0.39, 0.29) is 28.3 Å². The molecule has 0 radical (unpaired) electrons. The maximum Gasteiger partial charge on any atom is 0.573 e. The number of hydrogen-bond acceptors (Lipinski definition) is 3. The van der Waals surface area contributed by atoms with Gasteiger partial charge in [-0.1, -0.05) is 29.8 Å². The highest BCUT2D eigenvalue weighted by Gasteiger charge is 2.36. The molecule has 1 aliphatic rings. The van der Waals surface area contributed by atoms with Gasteiger partial charge in [-0.3, -0.25) is 4.79 Å². The Kier molecular flexibility index (Phi) is 5.51. The van der Waals surface area contributed by atoms with E-state index in [0.29, 0.717) is 12.8 Å². The van der Waals surface area contributed by atoms with Gasteiger partial charge in [0.05, 0.1) is 0 Å². The molecule has 1 N–H and O–H groups in total. The summed E-state index contributed by atoms with van der Waals surface area (Å²) in [5.74, 6) is -2.20.